The number of benzene rings is 1. The summed E-state index contributed by atoms with van der Waals surface area (Å²) in [6.07, 6.45) is 1.03. The number of methoxy groups -OCH3 is 1. The van der Waals surface area contributed by atoms with Gasteiger partial charge < -0.3 is 14.5 Å². The molecule has 1 saturated heterocycles. The van der Waals surface area contributed by atoms with Crippen LogP contribution >= 0.6 is 11.3 Å². The lowest BCUT2D eigenvalue weighted by atomic mass is 10.1. The molecule has 1 atom stereocenters. The van der Waals surface area contributed by atoms with Crippen molar-refractivity contribution in [2.45, 2.75) is 25.9 Å². The van der Waals surface area contributed by atoms with Gasteiger partial charge in [0, 0.05) is 17.0 Å². The Morgan fingerprint density at radius 3 is 2.61 bits per heavy atom. The van der Waals surface area contributed by atoms with E-state index in [0.29, 0.717) is 6.04 Å². The molecule has 7 nitrogen and oxygen atoms in total. The van der Waals surface area contributed by atoms with Crippen molar-refractivity contribution in [3.05, 3.63) is 52.5 Å². The van der Waals surface area contributed by atoms with Crippen LogP contribution in [0.5, 0.6) is 5.75 Å². The Bertz CT molecular complexity index is 855. The SMILES string of the molecule is CC[C@H](c1nnnn1Cc1cccs1)[NH+]1CCN(c2ccc(OC)cc2)CC1. The average molecular weight is 400 g/mol. The summed E-state index contributed by atoms with van der Waals surface area (Å²) in [7, 11) is 1.70. The highest BCUT2D eigenvalue weighted by molar-refractivity contribution is 7.09. The van der Waals surface area contributed by atoms with Crippen molar-refractivity contribution in [3.63, 3.8) is 0 Å². The van der Waals surface area contributed by atoms with Crippen LogP contribution in [0.1, 0.15) is 30.1 Å². The lowest BCUT2D eigenvalue weighted by molar-refractivity contribution is -0.933. The van der Waals surface area contributed by atoms with Crippen LogP contribution in [-0.2, 0) is 6.54 Å². The highest BCUT2D eigenvalue weighted by atomic mass is 32.1. The smallest absolute Gasteiger partial charge is 0.209 e. The number of nitrogens with one attached hydrogen (secondary N) is 1. The molecule has 0 saturated carbocycles. The second kappa shape index (κ2) is 8.70. The number of ether oxygens (including phenoxy) is 1. The Labute approximate surface area is 169 Å². The number of piperazine rings is 1. The summed E-state index contributed by atoms with van der Waals surface area (Å²) >= 11 is 1.75. The normalized spacial score (nSPS) is 16.3. The summed E-state index contributed by atoms with van der Waals surface area (Å²) in [4.78, 5) is 5.29. The number of aromatic nitrogens is 4. The third-order valence-electron chi connectivity index (χ3n) is 5.50. The number of thiophene rings is 1. The molecule has 1 fully saturated rings. The fourth-order valence-electron chi connectivity index (χ4n) is 3.97. The van der Waals surface area contributed by atoms with Gasteiger partial charge in [-0.05, 0) is 46.1 Å². The molecule has 1 aliphatic rings. The zero-order chi connectivity index (χ0) is 19.3. The second-order valence-electron chi connectivity index (χ2n) is 7.08. The van der Waals surface area contributed by atoms with Gasteiger partial charge in [0.05, 0.1) is 39.8 Å². The highest BCUT2D eigenvalue weighted by Crippen LogP contribution is 2.20. The summed E-state index contributed by atoms with van der Waals surface area (Å²) in [5, 5.41) is 14.7. The molecule has 3 heterocycles. The maximum Gasteiger partial charge on any atom is 0.209 e. The van der Waals surface area contributed by atoms with E-state index in [4.69, 9.17) is 4.74 Å². The zero-order valence-electron chi connectivity index (χ0n) is 16.4. The number of nitrogens with zero attached hydrogens (tertiary/aromatic N) is 5. The van der Waals surface area contributed by atoms with E-state index in [-0.39, 0.29) is 0 Å². The Kier molecular flexibility index (Phi) is 5.87. The number of quaternary nitrogens is 1. The van der Waals surface area contributed by atoms with Gasteiger partial charge in [0.15, 0.2) is 0 Å². The van der Waals surface area contributed by atoms with E-state index in [2.05, 4.69) is 57.0 Å². The molecule has 1 aliphatic heterocycles. The molecule has 2 aromatic heterocycles. The largest absolute Gasteiger partial charge is 0.497 e. The van der Waals surface area contributed by atoms with E-state index < -0.39 is 0 Å². The molecule has 4 rings (SSSR count). The first-order valence-electron chi connectivity index (χ1n) is 9.80. The van der Waals surface area contributed by atoms with E-state index in [1.807, 2.05) is 16.8 Å². The summed E-state index contributed by atoms with van der Waals surface area (Å²) in [5.74, 6) is 1.90. The van der Waals surface area contributed by atoms with E-state index in [1.165, 1.54) is 10.6 Å². The van der Waals surface area contributed by atoms with E-state index in [1.54, 1.807) is 23.3 Å². The molecular formula is C20H27N6OS+. The number of anilines is 1. The molecule has 28 heavy (non-hydrogen) atoms. The summed E-state index contributed by atoms with van der Waals surface area (Å²) < 4.78 is 7.24. The lowest BCUT2D eigenvalue weighted by Crippen LogP contribution is -3.15. The van der Waals surface area contributed by atoms with Crippen LogP contribution < -0.4 is 14.5 Å². The number of rotatable bonds is 7. The van der Waals surface area contributed by atoms with Crippen LogP contribution in [0.3, 0.4) is 0 Å². The van der Waals surface area contributed by atoms with Gasteiger partial charge in [0.25, 0.3) is 0 Å². The van der Waals surface area contributed by atoms with Crippen molar-refractivity contribution in [3.8, 4) is 5.75 Å². The molecule has 0 spiro atoms. The van der Waals surface area contributed by atoms with Gasteiger partial charge in [0.1, 0.15) is 11.8 Å². The zero-order valence-corrected chi connectivity index (χ0v) is 17.2. The first-order chi connectivity index (χ1) is 13.8. The van der Waals surface area contributed by atoms with Gasteiger partial charge in [-0.1, -0.05) is 13.0 Å². The van der Waals surface area contributed by atoms with Crippen LogP contribution in [0.2, 0.25) is 0 Å². The summed E-state index contributed by atoms with van der Waals surface area (Å²) in [6, 6.07) is 12.9. The Morgan fingerprint density at radius 2 is 1.96 bits per heavy atom. The van der Waals surface area contributed by atoms with Crippen molar-refractivity contribution in [2.75, 3.05) is 38.2 Å². The molecule has 1 aromatic carbocycles. The first-order valence-corrected chi connectivity index (χ1v) is 10.7. The third-order valence-corrected chi connectivity index (χ3v) is 6.36. The maximum absolute atomic E-state index is 5.27. The molecule has 0 aliphatic carbocycles. The van der Waals surface area contributed by atoms with Gasteiger partial charge in [-0.15, -0.1) is 16.4 Å². The number of hydrogen-bond acceptors (Lipinski definition) is 6. The minimum Gasteiger partial charge on any atom is -0.497 e. The van der Waals surface area contributed by atoms with E-state index in [0.717, 1.165) is 50.7 Å². The summed E-state index contributed by atoms with van der Waals surface area (Å²) in [6.45, 7) is 7.21. The molecule has 8 heteroatoms. The van der Waals surface area contributed by atoms with Gasteiger partial charge in [-0.25, -0.2) is 4.68 Å². The second-order valence-corrected chi connectivity index (χ2v) is 8.11. The van der Waals surface area contributed by atoms with Crippen LogP contribution in [0.4, 0.5) is 5.69 Å². The predicted molar refractivity (Wildman–Crippen MR) is 110 cm³/mol. The third kappa shape index (κ3) is 4.02. The average Bonchev–Trinajstić information content (AvgIpc) is 3.42. The highest BCUT2D eigenvalue weighted by Gasteiger charge is 2.31. The fraction of sp³-hybridized carbons (Fsp3) is 0.450. The summed E-state index contributed by atoms with van der Waals surface area (Å²) in [5.41, 5.74) is 1.26. The van der Waals surface area contributed by atoms with Gasteiger partial charge in [0.2, 0.25) is 5.82 Å². The maximum atomic E-state index is 5.27. The standard InChI is InChI=1S/C20H26N6OS/c1-3-19(20-21-22-23-26(20)15-18-5-4-14-28-18)25-12-10-24(11-13-25)16-6-8-17(27-2)9-7-16/h4-9,14,19H,3,10-13,15H2,1-2H3/p+1/t19-/m1/s1. The molecule has 0 radical (unpaired) electrons. The van der Waals surface area contributed by atoms with Gasteiger partial charge in [-0.2, -0.15) is 0 Å². The van der Waals surface area contributed by atoms with Crippen LogP contribution in [0.25, 0.3) is 0 Å². The Morgan fingerprint density at radius 1 is 1.18 bits per heavy atom. The molecule has 148 valence electrons. The van der Waals surface area contributed by atoms with Gasteiger partial charge >= 0.3 is 0 Å². The predicted octanol–water partition coefficient (Wildman–Crippen LogP) is 1.65. The Balaban J connectivity index is 1.42. The van der Waals surface area contributed by atoms with Crippen molar-refractivity contribution in [2.24, 2.45) is 0 Å². The molecule has 0 amide bonds. The topological polar surface area (TPSA) is 60.5 Å². The van der Waals surface area contributed by atoms with Crippen molar-refractivity contribution >= 4 is 17.0 Å². The van der Waals surface area contributed by atoms with Gasteiger partial charge in [-0.3, -0.25) is 0 Å². The first kappa shape index (κ1) is 18.9. The van der Waals surface area contributed by atoms with E-state index in [9.17, 15) is 0 Å². The molecule has 0 unspecified atom stereocenters. The number of hydrogen-bond donors (Lipinski definition) is 1. The fourth-order valence-corrected chi connectivity index (χ4v) is 4.66. The minimum absolute atomic E-state index is 0.327. The van der Waals surface area contributed by atoms with Crippen LogP contribution in [-0.4, -0.2) is 53.5 Å². The van der Waals surface area contributed by atoms with E-state index >= 15 is 0 Å². The van der Waals surface area contributed by atoms with Crippen molar-refractivity contribution < 1.29 is 9.64 Å². The number of tetrazole rings is 1. The van der Waals surface area contributed by atoms with Crippen LogP contribution in [0, 0.1) is 0 Å². The monoisotopic (exact) mass is 399 g/mol. The quantitative estimate of drug-likeness (QED) is 0.655. The lowest BCUT2D eigenvalue weighted by Gasteiger charge is -2.36. The Hall–Kier alpha value is -2.45. The molecule has 0 bridgehead atoms. The van der Waals surface area contributed by atoms with Crippen LogP contribution in [0.15, 0.2) is 41.8 Å². The molecule has 3 aromatic rings. The van der Waals surface area contributed by atoms with Crippen molar-refractivity contribution in [1.82, 2.24) is 20.2 Å². The molecule has 1 N–H and O–H groups in total. The molecular weight excluding hydrogens is 372 g/mol. The van der Waals surface area contributed by atoms with Crippen molar-refractivity contribution in [1.29, 1.82) is 0 Å². The minimum atomic E-state index is 0.327.